The van der Waals surface area contributed by atoms with Crippen LogP contribution in [0.2, 0.25) is 0 Å². The highest BCUT2D eigenvalue weighted by molar-refractivity contribution is 8.00. The number of hydrogen-bond acceptors (Lipinski definition) is 6. The van der Waals surface area contributed by atoms with E-state index in [4.69, 9.17) is 0 Å². The molecule has 7 nitrogen and oxygen atoms in total. The summed E-state index contributed by atoms with van der Waals surface area (Å²) in [6.07, 6.45) is 3.01. The molecule has 0 aliphatic heterocycles. The van der Waals surface area contributed by atoms with E-state index in [1.165, 1.54) is 38.0 Å². The first-order chi connectivity index (χ1) is 12.8. The molecule has 0 fully saturated rings. The first-order valence-corrected chi connectivity index (χ1v) is 11.0. The van der Waals surface area contributed by atoms with Crippen molar-refractivity contribution >= 4 is 33.4 Å². The third kappa shape index (κ3) is 4.48. The number of amides is 1. The number of anilines is 1. The summed E-state index contributed by atoms with van der Waals surface area (Å²) in [5.41, 5.74) is 2.82. The molecule has 1 amide bonds. The Morgan fingerprint density at radius 1 is 1.19 bits per heavy atom. The van der Waals surface area contributed by atoms with Crippen LogP contribution < -0.4 is 5.32 Å². The number of sulfonamides is 1. The summed E-state index contributed by atoms with van der Waals surface area (Å²) in [7, 11) is -0.516. The van der Waals surface area contributed by atoms with Gasteiger partial charge >= 0.3 is 0 Å². The lowest BCUT2D eigenvalue weighted by atomic mass is 10.3. The second kappa shape index (κ2) is 7.95. The molecule has 1 aliphatic rings. The minimum Gasteiger partial charge on any atom is -0.325 e. The fraction of sp³-hybridized carbons (Fsp3) is 0.389. The van der Waals surface area contributed by atoms with Crippen LogP contribution in [-0.2, 0) is 27.7 Å². The predicted molar refractivity (Wildman–Crippen MR) is 105 cm³/mol. The van der Waals surface area contributed by atoms with Crippen molar-refractivity contribution in [2.45, 2.75) is 36.1 Å². The van der Waals surface area contributed by atoms with E-state index in [1.54, 1.807) is 12.1 Å². The fourth-order valence-corrected chi connectivity index (χ4v) is 4.72. The normalized spacial score (nSPS) is 13.6. The second-order valence-electron chi connectivity index (χ2n) is 6.50. The van der Waals surface area contributed by atoms with Gasteiger partial charge in [0.25, 0.3) is 0 Å². The molecule has 0 spiro atoms. The SMILES string of the molecule is Cc1nc2c(c(SCC(=O)Nc3ccc(S(=O)(=O)N(C)C)cc3)n1)CCC2. The highest BCUT2D eigenvalue weighted by atomic mass is 32.2. The smallest absolute Gasteiger partial charge is 0.242 e. The zero-order chi connectivity index (χ0) is 19.6. The third-order valence-electron chi connectivity index (χ3n) is 4.26. The minimum atomic E-state index is -3.48. The highest BCUT2D eigenvalue weighted by Crippen LogP contribution is 2.29. The Hall–Kier alpha value is -1.97. The van der Waals surface area contributed by atoms with Crippen LogP contribution >= 0.6 is 11.8 Å². The summed E-state index contributed by atoms with van der Waals surface area (Å²) >= 11 is 1.41. The van der Waals surface area contributed by atoms with Crippen LogP contribution in [0, 0.1) is 6.92 Å². The van der Waals surface area contributed by atoms with Crippen LogP contribution in [0.4, 0.5) is 5.69 Å². The first kappa shape index (κ1) is 19.8. The number of rotatable bonds is 6. The largest absolute Gasteiger partial charge is 0.325 e. The maximum atomic E-state index is 12.3. The Morgan fingerprint density at radius 3 is 2.56 bits per heavy atom. The average molecular weight is 407 g/mol. The van der Waals surface area contributed by atoms with Gasteiger partial charge < -0.3 is 5.32 Å². The Kier molecular flexibility index (Phi) is 5.83. The number of benzene rings is 1. The molecule has 0 unspecified atom stereocenters. The Morgan fingerprint density at radius 2 is 1.89 bits per heavy atom. The van der Waals surface area contributed by atoms with Crippen molar-refractivity contribution < 1.29 is 13.2 Å². The Labute approximate surface area is 163 Å². The second-order valence-corrected chi connectivity index (χ2v) is 9.62. The topological polar surface area (TPSA) is 92.3 Å². The number of thioether (sulfide) groups is 1. The number of carbonyl (C=O) groups is 1. The molecule has 0 bridgehead atoms. The van der Waals surface area contributed by atoms with Gasteiger partial charge in [-0.2, -0.15) is 0 Å². The first-order valence-electron chi connectivity index (χ1n) is 8.59. The monoisotopic (exact) mass is 406 g/mol. The Bertz CT molecular complexity index is 957. The van der Waals surface area contributed by atoms with Crippen molar-refractivity contribution in [3.63, 3.8) is 0 Å². The number of nitrogens with one attached hydrogen (secondary N) is 1. The van der Waals surface area contributed by atoms with Crippen molar-refractivity contribution in [3.05, 3.63) is 41.3 Å². The lowest BCUT2D eigenvalue weighted by molar-refractivity contribution is -0.113. The molecule has 0 radical (unpaired) electrons. The highest BCUT2D eigenvalue weighted by Gasteiger charge is 2.20. The number of carbonyl (C=O) groups excluding carboxylic acids is 1. The molecule has 3 rings (SSSR count). The van der Waals surface area contributed by atoms with Gasteiger partial charge in [-0.05, 0) is 50.5 Å². The van der Waals surface area contributed by atoms with E-state index in [9.17, 15) is 13.2 Å². The van der Waals surface area contributed by atoms with Gasteiger partial charge in [-0.15, -0.1) is 0 Å². The number of nitrogens with zero attached hydrogens (tertiary/aromatic N) is 3. The maximum absolute atomic E-state index is 12.3. The van der Waals surface area contributed by atoms with Crippen LogP contribution in [0.5, 0.6) is 0 Å². The van der Waals surface area contributed by atoms with E-state index in [0.29, 0.717) is 5.69 Å². The summed E-state index contributed by atoms with van der Waals surface area (Å²) in [4.78, 5) is 21.4. The summed E-state index contributed by atoms with van der Waals surface area (Å²) in [5.74, 6) is 0.808. The molecule has 1 heterocycles. The maximum Gasteiger partial charge on any atom is 0.242 e. The number of fused-ring (bicyclic) bond motifs is 1. The molecule has 0 atom stereocenters. The summed E-state index contributed by atoms with van der Waals surface area (Å²) in [6.45, 7) is 1.87. The van der Waals surface area contributed by atoms with Crippen molar-refractivity contribution in [2.24, 2.45) is 0 Å². The molecule has 9 heteroatoms. The van der Waals surface area contributed by atoms with Gasteiger partial charge in [0.15, 0.2) is 0 Å². The lowest BCUT2D eigenvalue weighted by Crippen LogP contribution is -2.22. The van der Waals surface area contributed by atoms with Crippen molar-refractivity contribution in [1.82, 2.24) is 14.3 Å². The zero-order valence-corrected chi connectivity index (χ0v) is 17.2. The molecule has 1 aromatic heterocycles. The standard InChI is InChI=1S/C18H22N4O3S2/c1-12-19-16-6-4-5-15(16)18(20-12)26-11-17(23)21-13-7-9-14(10-8-13)27(24,25)22(2)3/h7-10H,4-6,11H2,1-3H3,(H,21,23). The lowest BCUT2D eigenvalue weighted by Gasteiger charge is -2.12. The minimum absolute atomic E-state index is 0.161. The van der Waals surface area contributed by atoms with Crippen LogP contribution in [0.1, 0.15) is 23.5 Å². The van der Waals surface area contributed by atoms with Crippen LogP contribution in [0.25, 0.3) is 0 Å². The van der Waals surface area contributed by atoms with Crippen LogP contribution in [0.3, 0.4) is 0 Å². The predicted octanol–water partition coefficient (Wildman–Crippen LogP) is 2.25. The molecule has 0 saturated heterocycles. The summed E-state index contributed by atoms with van der Waals surface area (Å²) in [6, 6.07) is 6.15. The summed E-state index contributed by atoms with van der Waals surface area (Å²) in [5, 5.41) is 3.68. The van der Waals surface area contributed by atoms with Crippen LogP contribution in [0.15, 0.2) is 34.2 Å². The molecule has 144 valence electrons. The number of hydrogen-bond donors (Lipinski definition) is 1. The fourth-order valence-electron chi connectivity index (χ4n) is 2.89. The molecule has 1 aliphatic carbocycles. The molecular formula is C18H22N4O3S2. The van der Waals surface area contributed by atoms with E-state index in [1.807, 2.05) is 6.92 Å². The van der Waals surface area contributed by atoms with Gasteiger partial charge in [0.2, 0.25) is 15.9 Å². The van der Waals surface area contributed by atoms with Crippen molar-refractivity contribution in [1.29, 1.82) is 0 Å². The van der Waals surface area contributed by atoms with Gasteiger partial charge in [0.1, 0.15) is 10.9 Å². The Balaban J connectivity index is 1.62. The zero-order valence-electron chi connectivity index (χ0n) is 15.5. The van der Waals surface area contributed by atoms with Gasteiger partial charge in [-0.1, -0.05) is 11.8 Å². The average Bonchev–Trinajstić information content (AvgIpc) is 3.08. The van der Waals surface area contributed by atoms with Gasteiger partial charge in [-0.3, -0.25) is 4.79 Å². The van der Waals surface area contributed by atoms with E-state index in [0.717, 1.165) is 45.7 Å². The molecule has 1 N–H and O–H groups in total. The van der Waals surface area contributed by atoms with Crippen molar-refractivity contribution in [3.8, 4) is 0 Å². The number of aromatic nitrogens is 2. The summed E-state index contributed by atoms with van der Waals surface area (Å²) < 4.78 is 25.3. The molecular weight excluding hydrogens is 384 g/mol. The van der Waals surface area contributed by atoms with Gasteiger partial charge in [0.05, 0.1) is 10.6 Å². The van der Waals surface area contributed by atoms with Gasteiger partial charge in [0, 0.05) is 31.0 Å². The molecule has 0 saturated carbocycles. The van der Waals surface area contributed by atoms with E-state index in [-0.39, 0.29) is 16.6 Å². The van der Waals surface area contributed by atoms with E-state index >= 15 is 0 Å². The van der Waals surface area contributed by atoms with Crippen molar-refractivity contribution in [2.75, 3.05) is 25.2 Å². The molecule has 1 aromatic carbocycles. The van der Waals surface area contributed by atoms with Crippen LogP contribution in [-0.4, -0.2) is 48.4 Å². The third-order valence-corrected chi connectivity index (χ3v) is 7.11. The van der Waals surface area contributed by atoms with Gasteiger partial charge in [-0.25, -0.2) is 22.7 Å². The molecule has 27 heavy (non-hydrogen) atoms. The number of aryl methyl sites for hydroxylation is 2. The molecule has 2 aromatic rings. The van der Waals surface area contributed by atoms with E-state index in [2.05, 4.69) is 15.3 Å². The van der Waals surface area contributed by atoms with E-state index < -0.39 is 10.0 Å². The quantitative estimate of drug-likeness (QED) is 0.584.